The number of hydrogen-bond donors (Lipinski definition) is 0. The highest BCUT2D eigenvalue weighted by molar-refractivity contribution is 6.01. The number of para-hydroxylation sites is 1. The van der Waals surface area contributed by atoms with E-state index in [-0.39, 0.29) is 5.41 Å². The Morgan fingerprint density at radius 3 is 1.70 bits per heavy atom. The molecule has 1 heterocycles. The zero-order chi connectivity index (χ0) is 38.1. The molecule has 9 aromatic rings. The third kappa shape index (κ3) is 5.40. The second-order valence-electron chi connectivity index (χ2n) is 15.7. The summed E-state index contributed by atoms with van der Waals surface area (Å²) in [7, 11) is 0. The molecule has 0 unspecified atom stereocenters. The Kier molecular flexibility index (Phi) is 7.55. The molecule has 0 spiro atoms. The molecule has 11 rings (SSSR count). The smallest absolute Gasteiger partial charge is 0.143 e. The number of hydrogen-bond acceptors (Lipinski definition) is 2. The van der Waals surface area contributed by atoms with Crippen LogP contribution in [0.2, 0.25) is 0 Å². The lowest BCUT2D eigenvalue weighted by Gasteiger charge is -2.29. The quantitative estimate of drug-likeness (QED) is 0.175. The second-order valence-corrected chi connectivity index (χ2v) is 15.7. The molecule has 0 atom stereocenters. The largest absolute Gasteiger partial charge is 0.455 e. The van der Waals surface area contributed by atoms with Crippen LogP contribution in [-0.4, -0.2) is 0 Å². The van der Waals surface area contributed by atoms with Crippen molar-refractivity contribution in [2.75, 3.05) is 4.90 Å². The van der Waals surface area contributed by atoms with E-state index in [0.29, 0.717) is 0 Å². The van der Waals surface area contributed by atoms with Crippen molar-refractivity contribution in [3.8, 4) is 67.1 Å². The SMILES string of the molecule is CC1(C)c2ccccc2-c2ccc(N(c3cc(-c4ccccc4)cc(-c4ccccc4)c3)c3ccc4c(c3)-c3ccccc3Oc3c-4ccc4ccccc34)cc21. The zero-order valence-corrected chi connectivity index (χ0v) is 31.9. The van der Waals surface area contributed by atoms with Crippen LogP contribution >= 0.6 is 0 Å². The topological polar surface area (TPSA) is 12.5 Å². The van der Waals surface area contributed by atoms with Crippen LogP contribution in [-0.2, 0) is 5.41 Å². The van der Waals surface area contributed by atoms with Gasteiger partial charge in [0.15, 0.2) is 0 Å². The van der Waals surface area contributed by atoms with Gasteiger partial charge in [-0.3, -0.25) is 0 Å². The van der Waals surface area contributed by atoms with Gasteiger partial charge in [-0.15, -0.1) is 0 Å². The highest BCUT2D eigenvalue weighted by Gasteiger charge is 2.36. The lowest BCUT2D eigenvalue weighted by atomic mass is 9.82. The van der Waals surface area contributed by atoms with Crippen molar-refractivity contribution in [1.29, 1.82) is 0 Å². The number of nitrogens with zero attached hydrogens (tertiary/aromatic N) is 1. The first-order chi connectivity index (χ1) is 28.0. The number of ether oxygens (including phenoxy) is 1. The molecular weight excluding hydrogens is 691 g/mol. The van der Waals surface area contributed by atoms with Crippen LogP contribution in [0.5, 0.6) is 11.5 Å². The maximum atomic E-state index is 6.89. The van der Waals surface area contributed by atoms with Gasteiger partial charge in [0.05, 0.1) is 0 Å². The van der Waals surface area contributed by atoms with E-state index >= 15 is 0 Å². The third-order valence-electron chi connectivity index (χ3n) is 12.0. The van der Waals surface area contributed by atoms with E-state index in [4.69, 9.17) is 4.74 Å². The van der Waals surface area contributed by atoms with Gasteiger partial charge in [0.25, 0.3) is 0 Å². The summed E-state index contributed by atoms with van der Waals surface area (Å²) >= 11 is 0. The summed E-state index contributed by atoms with van der Waals surface area (Å²) in [6.07, 6.45) is 0. The van der Waals surface area contributed by atoms with E-state index in [1.54, 1.807) is 0 Å². The predicted molar refractivity (Wildman–Crippen MR) is 238 cm³/mol. The summed E-state index contributed by atoms with van der Waals surface area (Å²) in [5, 5.41) is 2.27. The van der Waals surface area contributed by atoms with Gasteiger partial charge >= 0.3 is 0 Å². The maximum Gasteiger partial charge on any atom is 0.143 e. The van der Waals surface area contributed by atoms with E-state index < -0.39 is 0 Å². The highest BCUT2D eigenvalue weighted by atomic mass is 16.5. The van der Waals surface area contributed by atoms with Crippen LogP contribution in [0.25, 0.3) is 66.4 Å². The van der Waals surface area contributed by atoms with E-state index in [1.807, 2.05) is 0 Å². The van der Waals surface area contributed by atoms with Crippen LogP contribution in [0.15, 0.2) is 200 Å². The molecule has 1 aliphatic carbocycles. The molecule has 9 aromatic carbocycles. The molecule has 270 valence electrons. The number of rotatable bonds is 5. The van der Waals surface area contributed by atoms with Gasteiger partial charge in [0.2, 0.25) is 0 Å². The van der Waals surface area contributed by atoms with Gasteiger partial charge in [-0.05, 0) is 116 Å². The molecule has 0 saturated carbocycles. The van der Waals surface area contributed by atoms with Crippen molar-refractivity contribution in [1.82, 2.24) is 0 Å². The number of benzene rings is 9. The fraction of sp³-hybridized carbons (Fsp3) is 0.0545. The Balaban J connectivity index is 1.18. The average Bonchev–Trinajstić information content (AvgIpc) is 3.39. The van der Waals surface area contributed by atoms with E-state index in [1.165, 1.54) is 44.5 Å². The minimum absolute atomic E-state index is 0.148. The predicted octanol–water partition coefficient (Wildman–Crippen LogP) is 15.4. The lowest BCUT2D eigenvalue weighted by Crippen LogP contribution is -2.16. The fourth-order valence-electron chi connectivity index (χ4n) is 9.20. The molecule has 0 amide bonds. The van der Waals surface area contributed by atoms with Crippen LogP contribution in [0, 0.1) is 0 Å². The first kappa shape index (κ1) is 33.2. The first-order valence-electron chi connectivity index (χ1n) is 19.8. The minimum Gasteiger partial charge on any atom is -0.455 e. The van der Waals surface area contributed by atoms with Crippen LogP contribution < -0.4 is 9.64 Å². The number of fused-ring (bicyclic) bond motifs is 10. The average molecular weight is 730 g/mol. The Hall–Kier alpha value is -7.16. The molecule has 0 fully saturated rings. The van der Waals surface area contributed by atoms with Crippen LogP contribution in [0.1, 0.15) is 25.0 Å². The molecule has 57 heavy (non-hydrogen) atoms. The molecule has 0 saturated heterocycles. The summed E-state index contributed by atoms with van der Waals surface area (Å²) in [6.45, 7) is 4.71. The minimum atomic E-state index is -0.148. The molecule has 2 heteroatoms. The summed E-state index contributed by atoms with van der Waals surface area (Å²) in [5.74, 6) is 1.75. The molecule has 2 nitrogen and oxygen atoms in total. The van der Waals surface area contributed by atoms with Gasteiger partial charge < -0.3 is 9.64 Å². The molecular formula is C55H39NO. The van der Waals surface area contributed by atoms with Crippen molar-refractivity contribution in [2.24, 2.45) is 0 Å². The van der Waals surface area contributed by atoms with Gasteiger partial charge in [0, 0.05) is 39.0 Å². The van der Waals surface area contributed by atoms with Crippen molar-refractivity contribution in [2.45, 2.75) is 19.3 Å². The molecule has 0 radical (unpaired) electrons. The van der Waals surface area contributed by atoms with Crippen LogP contribution in [0.3, 0.4) is 0 Å². The van der Waals surface area contributed by atoms with Crippen molar-refractivity contribution in [3.63, 3.8) is 0 Å². The Morgan fingerprint density at radius 1 is 0.368 bits per heavy atom. The Bertz CT molecular complexity index is 2960. The van der Waals surface area contributed by atoms with Gasteiger partial charge in [-0.25, -0.2) is 0 Å². The molecule has 2 aliphatic rings. The van der Waals surface area contributed by atoms with Gasteiger partial charge in [0.1, 0.15) is 11.5 Å². The van der Waals surface area contributed by atoms with Gasteiger partial charge in [-0.1, -0.05) is 159 Å². The van der Waals surface area contributed by atoms with Crippen molar-refractivity contribution >= 4 is 27.8 Å². The molecule has 1 aliphatic heterocycles. The Morgan fingerprint density at radius 2 is 0.947 bits per heavy atom. The molecule has 0 aromatic heterocycles. The van der Waals surface area contributed by atoms with Gasteiger partial charge in [-0.2, -0.15) is 0 Å². The summed E-state index contributed by atoms with van der Waals surface area (Å²) in [6, 6.07) is 72.7. The Labute approximate surface area is 333 Å². The summed E-state index contributed by atoms with van der Waals surface area (Å²) in [4.78, 5) is 2.45. The highest BCUT2D eigenvalue weighted by Crippen LogP contribution is 2.53. The third-order valence-corrected chi connectivity index (χ3v) is 12.0. The van der Waals surface area contributed by atoms with Crippen LogP contribution in [0.4, 0.5) is 17.1 Å². The second kappa shape index (κ2) is 13.0. The maximum absolute atomic E-state index is 6.89. The standard InChI is InChI=1S/C55H39NO/c1-55(2)51-23-13-11-21-46(51)47-30-27-42(35-52(47)55)56(43-32-39(36-15-5-3-6-16-36)31-40(33-43)37-17-7-4-8-18-37)41-26-29-45-49-28-25-38-19-9-10-20-44(38)54(49)57-53-24-14-12-22-48(53)50(45)34-41/h3-35H,1-2H3. The van der Waals surface area contributed by atoms with E-state index in [0.717, 1.165) is 61.6 Å². The number of anilines is 3. The normalized spacial score (nSPS) is 13.0. The van der Waals surface area contributed by atoms with Crippen molar-refractivity contribution < 1.29 is 4.74 Å². The van der Waals surface area contributed by atoms with Crippen molar-refractivity contribution in [3.05, 3.63) is 211 Å². The summed E-state index contributed by atoms with van der Waals surface area (Å²) in [5.41, 5.74) is 17.6. The molecule has 0 N–H and O–H groups in total. The zero-order valence-electron chi connectivity index (χ0n) is 31.9. The lowest BCUT2D eigenvalue weighted by molar-refractivity contribution is 0.493. The van der Waals surface area contributed by atoms with E-state index in [2.05, 4.69) is 219 Å². The fourth-order valence-corrected chi connectivity index (χ4v) is 9.20. The summed E-state index contributed by atoms with van der Waals surface area (Å²) < 4.78 is 6.89. The van der Waals surface area contributed by atoms with E-state index in [9.17, 15) is 0 Å². The molecule has 0 bridgehead atoms. The first-order valence-corrected chi connectivity index (χ1v) is 19.8. The monoisotopic (exact) mass is 729 g/mol.